The SMILES string of the molecule is O=C(O)C[C@@H]1CCC2CCC1N2Cc1ccccc1. The summed E-state index contributed by atoms with van der Waals surface area (Å²) in [4.78, 5) is 13.6. The summed E-state index contributed by atoms with van der Waals surface area (Å²) in [5.41, 5.74) is 1.34. The maximum Gasteiger partial charge on any atom is 0.303 e. The molecule has 2 fully saturated rings. The van der Waals surface area contributed by atoms with Gasteiger partial charge in [0.15, 0.2) is 0 Å². The van der Waals surface area contributed by atoms with Crippen LogP contribution in [-0.2, 0) is 11.3 Å². The van der Waals surface area contributed by atoms with E-state index < -0.39 is 5.97 Å². The maximum atomic E-state index is 11.0. The second-order valence-electron chi connectivity index (χ2n) is 5.89. The molecule has 0 aromatic heterocycles. The first-order chi connectivity index (χ1) is 9.24. The Morgan fingerprint density at radius 3 is 2.63 bits per heavy atom. The van der Waals surface area contributed by atoms with E-state index in [0.29, 0.717) is 24.4 Å². The molecule has 0 radical (unpaired) electrons. The van der Waals surface area contributed by atoms with Gasteiger partial charge in [0.05, 0.1) is 0 Å². The lowest BCUT2D eigenvalue weighted by molar-refractivity contribution is -0.139. The molecule has 19 heavy (non-hydrogen) atoms. The van der Waals surface area contributed by atoms with Gasteiger partial charge in [-0.1, -0.05) is 30.3 Å². The van der Waals surface area contributed by atoms with Crippen LogP contribution in [0.5, 0.6) is 0 Å². The highest BCUT2D eigenvalue weighted by Gasteiger charge is 2.42. The number of fused-ring (bicyclic) bond motifs is 2. The minimum Gasteiger partial charge on any atom is -0.481 e. The topological polar surface area (TPSA) is 40.5 Å². The predicted octanol–water partition coefficient (Wildman–Crippen LogP) is 2.90. The van der Waals surface area contributed by atoms with Crippen LogP contribution < -0.4 is 0 Å². The lowest BCUT2D eigenvalue weighted by Gasteiger charge is -2.39. The summed E-state index contributed by atoms with van der Waals surface area (Å²) in [7, 11) is 0. The van der Waals surface area contributed by atoms with E-state index in [1.54, 1.807) is 0 Å². The van der Waals surface area contributed by atoms with Gasteiger partial charge in [-0.2, -0.15) is 0 Å². The van der Waals surface area contributed by atoms with Gasteiger partial charge in [-0.3, -0.25) is 9.69 Å². The fraction of sp³-hybridized carbons (Fsp3) is 0.562. The van der Waals surface area contributed by atoms with Crippen LogP contribution in [0.25, 0.3) is 0 Å². The zero-order chi connectivity index (χ0) is 13.2. The smallest absolute Gasteiger partial charge is 0.303 e. The molecule has 3 atom stereocenters. The highest BCUT2D eigenvalue weighted by molar-refractivity contribution is 5.67. The average Bonchev–Trinajstić information content (AvgIpc) is 2.66. The molecule has 1 aromatic rings. The third kappa shape index (κ3) is 2.66. The van der Waals surface area contributed by atoms with E-state index >= 15 is 0 Å². The molecule has 0 saturated carbocycles. The molecule has 0 aliphatic carbocycles. The van der Waals surface area contributed by atoms with Gasteiger partial charge in [0.2, 0.25) is 0 Å². The van der Waals surface area contributed by atoms with Crippen LogP contribution in [0.4, 0.5) is 0 Å². The minimum atomic E-state index is -0.644. The maximum absolute atomic E-state index is 11.0. The molecule has 1 N–H and O–H groups in total. The Kier molecular flexibility index (Phi) is 3.56. The van der Waals surface area contributed by atoms with Crippen molar-refractivity contribution < 1.29 is 9.90 Å². The third-order valence-electron chi connectivity index (χ3n) is 4.75. The van der Waals surface area contributed by atoms with Gasteiger partial charge in [-0.05, 0) is 37.2 Å². The standard InChI is InChI=1S/C16H21NO2/c18-16(19)10-13-6-7-14-8-9-15(13)17(14)11-12-4-2-1-3-5-12/h1-5,13-15H,6-11H2,(H,18,19)/t13-,14?,15?/m0/s1. The van der Waals surface area contributed by atoms with Gasteiger partial charge in [-0.25, -0.2) is 0 Å². The molecule has 3 rings (SSSR count). The molecule has 2 heterocycles. The third-order valence-corrected chi connectivity index (χ3v) is 4.75. The molecular weight excluding hydrogens is 238 g/mol. The predicted molar refractivity (Wildman–Crippen MR) is 73.8 cm³/mol. The summed E-state index contributed by atoms with van der Waals surface area (Å²) in [6.07, 6.45) is 5.01. The van der Waals surface area contributed by atoms with E-state index in [9.17, 15) is 4.79 Å². The highest BCUT2D eigenvalue weighted by Crippen LogP contribution is 2.41. The van der Waals surface area contributed by atoms with Crippen molar-refractivity contribution in [3.8, 4) is 0 Å². The van der Waals surface area contributed by atoms with Crippen molar-refractivity contribution in [2.75, 3.05) is 0 Å². The Bertz CT molecular complexity index is 445. The normalized spacial score (nSPS) is 30.4. The van der Waals surface area contributed by atoms with Gasteiger partial charge >= 0.3 is 5.97 Å². The molecule has 0 spiro atoms. The van der Waals surface area contributed by atoms with Crippen molar-refractivity contribution in [2.45, 2.75) is 50.7 Å². The summed E-state index contributed by atoms with van der Waals surface area (Å²) in [6.45, 7) is 0.978. The van der Waals surface area contributed by atoms with Crippen LogP contribution in [0.2, 0.25) is 0 Å². The number of hydrogen-bond acceptors (Lipinski definition) is 2. The number of carbonyl (C=O) groups is 1. The Morgan fingerprint density at radius 2 is 1.89 bits per heavy atom. The largest absolute Gasteiger partial charge is 0.481 e. The molecule has 2 bridgehead atoms. The van der Waals surface area contributed by atoms with Gasteiger partial charge in [0.1, 0.15) is 0 Å². The average molecular weight is 259 g/mol. The second kappa shape index (κ2) is 5.33. The Labute approximate surface area is 114 Å². The van der Waals surface area contributed by atoms with E-state index in [4.69, 9.17) is 5.11 Å². The lowest BCUT2D eigenvalue weighted by Crippen LogP contribution is -2.44. The molecule has 1 aromatic carbocycles. The van der Waals surface area contributed by atoms with Gasteiger partial charge in [0, 0.05) is 25.0 Å². The molecule has 2 aliphatic heterocycles. The van der Waals surface area contributed by atoms with Crippen molar-refractivity contribution in [1.29, 1.82) is 0 Å². The number of benzene rings is 1. The molecule has 2 aliphatic rings. The first kappa shape index (κ1) is 12.7. The van der Waals surface area contributed by atoms with Crippen molar-refractivity contribution >= 4 is 5.97 Å². The van der Waals surface area contributed by atoms with E-state index in [1.165, 1.54) is 24.8 Å². The van der Waals surface area contributed by atoms with Gasteiger partial charge in [-0.15, -0.1) is 0 Å². The van der Waals surface area contributed by atoms with E-state index in [2.05, 4.69) is 29.2 Å². The number of nitrogens with zero attached hydrogens (tertiary/aromatic N) is 1. The van der Waals surface area contributed by atoms with Gasteiger partial charge in [0.25, 0.3) is 0 Å². The molecule has 102 valence electrons. The number of piperidine rings is 1. The van der Waals surface area contributed by atoms with Crippen molar-refractivity contribution in [2.24, 2.45) is 5.92 Å². The van der Waals surface area contributed by atoms with Crippen LogP contribution >= 0.6 is 0 Å². The summed E-state index contributed by atoms with van der Waals surface area (Å²) < 4.78 is 0. The molecule has 2 saturated heterocycles. The monoisotopic (exact) mass is 259 g/mol. The first-order valence-corrected chi connectivity index (χ1v) is 7.25. The zero-order valence-electron chi connectivity index (χ0n) is 11.2. The summed E-state index contributed by atoms with van der Waals surface area (Å²) in [5, 5.41) is 9.05. The number of carboxylic acid groups (broad SMARTS) is 1. The zero-order valence-corrected chi connectivity index (χ0v) is 11.2. The lowest BCUT2D eigenvalue weighted by atomic mass is 9.87. The van der Waals surface area contributed by atoms with E-state index in [0.717, 1.165) is 13.0 Å². The Morgan fingerprint density at radius 1 is 1.16 bits per heavy atom. The van der Waals surface area contributed by atoms with Crippen LogP contribution in [0.15, 0.2) is 30.3 Å². The van der Waals surface area contributed by atoms with Crippen LogP contribution in [-0.4, -0.2) is 28.1 Å². The fourth-order valence-electron chi connectivity index (χ4n) is 3.88. The van der Waals surface area contributed by atoms with E-state index in [-0.39, 0.29) is 0 Å². The van der Waals surface area contributed by atoms with Crippen molar-refractivity contribution in [3.05, 3.63) is 35.9 Å². The second-order valence-corrected chi connectivity index (χ2v) is 5.89. The number of aliphatic carboxylic acids is 1. The summed E-state index contributed by atoms with van der Waals surface area (Å²) in [6, 6.07) is 11.7. The highest BCUT2D eigenvalue weighted by atomic mass is 16.4. The summed E-state index contributed by atoms with van der Waals surface area (Å²) >= 11 is 0. The van der Waals surface area contributed by atoms with Crippen LogP contribution in [0, 0.1) is 5.92 Å². The minimum absolute atomic E-state index is 0.336. The van der Waals surface area contributed by atoms with Crippen molar-refractivity contribution in [3.63, 3.8) is 0 Å². The number of hydrogen-bond donors (Lipinski definition) is 1. The quantitative estimate of drug-likeness (QED) is 0.904. The molecule has 3 heteroatoms. The van der Waals surface area contributed by atoms with Crippen LogP contribution in [0.1, 0.15) is 37.7 Å². The van der Waals surface area contributed by atoms with Crippen LogP contribution in [0.3, 0.4) is 0 Å². The fourth-order valence-corrected chi connectivity index (χ4v) is 3.88. The Balaban J connectivity index is 1.72. The number of rotatable bonds is 4. The number of carboxylic acids is 1. The van der Waals surface area contributed by atoms with Crippen molar-refractivity contribution in [1.82, 2.24) is 4.90 Å². The molecule has 0 amide bonds. The van der Waals surface area contributed by atoms with E-state index in [1.807, 2.05) is 6.07 Å². The first-order valence-electron chi connectivity index (χ1n) is 7.25. The Hall–Kier alpha value is -1.35. The molecular formula is C16H21NO2. The molecule has 3 nitrogen and oxygen atoms in total. The van der Waals surface area contributed by atoms with Gasteiger partial charge < -0.3 is 5.11 Å². The summed E-state index contributed by atoms with van der Waals surface area (Å²) in [5.74, 6) is -0.296. The molecule has 2 unspecified atom stereocenters.